The third-order valence-corrected chi connectivity index (χ3v) is 3.04. The van der Waals surface area contributed by atoms with Crippen molar-refractivity contribution in [1.29, 1.82) is 0 Å². The van der Waals surface area contributed by atoms with Gasteiger partial charge in [-0.05, 0) is 30.7 Å². The van der Waals surface area contributed by atoms with Gasteiger partial charge >= 0.3 is 0 Å². The lowest BCUT2D eigenvalue weighted by molar-refractivity contribution is 0.247. The van der Waals surface area contributed by atoms with E-state index in [1.54, 1.807) is 0 Å². The fourth-order valence-corrected chi connectivity index (χ4v) is 1.97. The highest BCUT2D eigenvalue weighted by atomic mass is 16.3. The fraction of sp³-hybridized carbons (Fsp3) is 0.571. The van der Waals surface area contributed by atoms with Crippen molar-refractivity contribution in [3.8, 4) is 0 Å². The van der Waals surface area contributed by atoms with Gasteiger partial charge in [-0.25, -0.2) is 0 Å². The Morgan fingerprint density at radius 2 is 1.87 bits per heavy atom. The van der Waals surface area contributed by atoms with Gasteiger partial charge in [-0.2, -0.15) is 0 Å². The summed E-state index contributed by atoms with van der Waals surface area (Å²) in [6, 6.07) is 10.6. The van der Waals surface area contributed by atoms with Crippen molar-refractivity contribution in [1.82, 2.24) is 0 Å². The second-order valence-electron chi connectivity index (χ2n) is 4.16. The van der Waals surface area contributed by atoms with Crippen LogP contribution in [0, 0.1) is 5.92 Å². The molecule has 0 radical (unpaired) electrons. The van der Waals surface area contributed by atoms with Crippen molar-refractivity contribution in [2.75, 3.05) is 6.61 Å². The quantitative estimate of drug-likeness (QED) is 0.724. The minimum Gasteiger partial charge on any atom is -0.396 e. The summed E-state index contributed by atoms with van der Waals surface area (Å²) in [6.07, 6.45) is 5.80. The predicted octanol–water partition coefficient (Wildman–Crippen LogP) is 3.42. The lowest BCUT2D eigenvalue weighted by Crippen LogP contribution is -2.02. The molecule has 1 nitrogen and oxygen atoms in total. The highest BCUT2D eigenvalue weighted by Crippen LogP contribution is 2.16. The molecule has 0 saturated heterocycles. The van der Waals surface area contributed by atoms with Gasteiger partial charge in [0.2, 0.25) is 0 Å². The van der Waals surface area contributed by atoms with Gasteiger partial charge in [0.25, 0.3) is 0 Å². The first-order valence-electron chi connectivity index (χ1n) is 6.01. The molecule has 1 rings (SSSR count). The number of aliphatic hydroxyl groups is 1. The summed E-state index contributed by atoms with van der Waals surface area (Å²) in [7, 11) is 0. The second-order valence-corrected chi connectivity index (χ2v) is 4.16. The summed E-state index contributed by atoms with van der Waals surface area (Å²) in [5, 5.41) is 8.88. The maximum atomic E-state index is 8.88. The van der Waals surface area contributed by atoms with E-state index in [1.165, 1.54) is 31.2 Å². The summed E-state index contributed by atoms with van der Waals surface area (Å²) in [5.74, 6) is 0.707. The summed E-state index contributed by atoms with van der Waals surface area (Å²) in [6.45, 7) is 2.55. The number of aliphatic hydroxyl groups excluding tert-OH is 1. The zero-order valence-corrected chi connectivity index (χ0v) is 9.65. The maximum Gasteiger partial charge on any atom is 0.0433 e. The topological polar surface area (TPSA) is 20.2 Å². The Balaban J connectivity index is 2.20. The van der Waals surface area contributed by atoms with Crippen molar-refractivity contribution in [2.45, 2.75) is 39.0 Å². The zero-order chi connectivity index (χ0) is 10.9. The van der Waals surface area contributed by atoms with Crippen LogP contribution >= 0.6 is 0 Å². The number of aryl methyl sites for hydroxylation is 1. The van der Waals surface area contributed by atoms with E-state index in [4.69, 9.17) is 5.11 Å². The van der Waals surface area contributed by atoms with Crippen molar-refractivity contribution in [3.05, 3.63) is 35.9 Å². The summed E-state index contributed by atoms with van der Waals surface area (Å²) < 4.78 is 0. The maximum absolute atomic E-state index is 8.88. The third kappa shape index (κ3) is 4.98. The molecular weight excluding hydrogens is 184 g/mol. The average molecular weight is 206 g/mol. The lowest BCUT2D eigenvalue weighted by atomic mass is 9.95. The van der Waals surface area contributed by atoms with Crippen LogP contribution in [0.15, 0.2) is 30.3 Å². The first-order valence-corrected chi connectivity index (χ1v) is 6.01. The van der Waals surface area contributed by atoms with Gasteiger partial charge in [0.1, 0.15) is 0 Å². The Bertz CT molecular complexity index is 243. The number of hydrogen-bond donors (Lipinski definition) is 1. The molecule has 1 N–H and O–H groups in total. The van der Waals surface area contributed by atoms with E-state index in [0.717, 1.165) is 6.42 Å². The molecule has 15 heavy (non-hydrogen) atoms. The van der Waals surface area contributed by atoms with E-state index in [9.17, 15) is 0 Å². The molecule has 0 spiro atoms. The van der Waals surface area contributed by atoms with Gasteiger partial charge in [-0.15, -0.1) is 0 Å². The monoisotopic (exact) mass is 206 g/mol. The number of hydrogen-bond acceptors (Lipinski definition) is 1. The lowest BCUT2D eigenvalue weighted by Gasteiger charge is -2.12. The van der Waals surface area contributed by atoms with Crippen LogP contribution in [0.25, 0.3) is 0 Å². The van der Waals surface area contributed by atoms with Gasteiger partial charge in [-0.3, -0.25) is 0 Å². The molecule has 0 aromatic heterocycles. The van der Waals surface area contributed by atoms with Crippen LogP contribution < -0.4 is 0 Å². The van der Waals surface area contributed by atoms with E-state index >= 15 is 0 Å². The van der Waals surface area contributed by atoms with E-state index in [0.29, 0.717) is 12.5 Å². The molecule has 0 aliphatic carbocycles. The molecule has 0 bridgehead atoms. The van der Waals surface area contributed by atoms with Gasteiger partial charge in [0, 0.05) is 6.61 Å². The molecular formula is C14H22O. The van der Waals surface area contributed by atoms with Crippen LogP contribution in [-0.4, -0.2) is 11.7 Å². The molecule has 1 aromatic rings. The average Bonchev–Trinajstić information content (AvgIpc) is 2.29. The molecule has 0 fully saturated rings. The first kappa shape index (κ1) is 12.3. The van der Waals surface area contributed by atoms with Crippen LogP contribution in [0.4, 0.5) is 0 Å². The SMILES string of the molecule is CC[C@@H](CCO)CCCc1ccccc1. The van der Waals surface area contributed by atoms with Crippen LogP contribution in [0.5, 0.6) is 0 Å². The summed E-state index contributed by atoms with van der Waals surface area (Å²) >= 11 is 0. The first-order chi connectivity index (χ1) is 7.36. The largest absolute Gasteiger partial charge is 0.396 e. The summed E-state index contributed by atoms with van der Waals surface area (Å²) in [4.78, 5) is 0. The Morgan fingerprint density at radius 3 is 2.47 bits per heavy atom. The van der Waals surface area contributed by atoms with Crippen LogP contribution in [0.3, 0.4) is 0 Å². The van der Waals surface area contributed by atoms with Crippen LogP contribution in [0.1, 0.15) is 38.2 Å². The molecule has 1 aromatic carbocycles. The molecule has 0 aliphatic heterocycles. The molecule has 1 atom stereocenters. The van der Waals surface area contributed by atoms with Crippen molar-refractivity contribution in [2.24, 2.45) is 5.92 Å². The standard InChI is InChI=1S/C14H22O/c1-2-13(11-12-15)9-6-10-14-7-4-3-5-8-14/h3-5,7-8,13,15H,2,6,9-12H2,1H3/t13-/m1/s1. The Morgan fingerprint density at radius 1 is 1.13 bits per heavy atom. The van der Waals surface area contributed by atoms with Gasteiger partial charge in [0.05, 0.1) is 0 Å². The minimum atomic E-state index is 0.337. The van der Waals surface area contributed by atoms with Crippen molar-refractivity contribution >= 4 is 0 Å². The van der Waals surface area contributed by atoms with Crippen LogP contribution in [0.2, 0.25) is 0 Å². The fourth-order valence-electron chi connectivity index (χ4n) is 1.97. The molecule has 0 unspecified atom stereocenters. The summed E-state index contributed by atoms with van der Waals surface area (Å²) in [5.41, 5.74) is 1.43. The Kier molecular flexibility index (Phi) is 6.10. The minimum absolute atomic E-state index is 0.337. The van der Waals surface area contributed by atoms with E-state index < -0.39 is 0 Å². The normalized spacial score (nSPS) is 12.7. The van der Waals surface area contributed by atoms with Gasteiger partial charge < -0.3 is 5.11 Å². The van der Waals surface area contributed by atoms with E-state index in [-0.39, 0.29) is 0 Å². The highest BCUT2D eigenvalue weighted by Gasteiger charge is 2.04. The molecule has 1 heteroatoms. The molecule has 84 valence electrons. The van der Waals surface area contributed by atoms with Gasteiger partial charge in [-0.1, -0.05) is 50.1 Å². The van der Waals surface area contributed by atoms with Gasteiger partial charge in [0.15, 0.2) is 0 Å². The van der Waals surface area contributed by atoms with E-state index in [2.05, 4.69) is 37.3 Å². The molecule has 0 heterocycles. The highest BCUT2D eigenvalue weighted by molar-refractivity contribution is 5.14. The molecule has 0 amide bonds. The molecule has 0 aliphatic rings. The molecule has 0 saturated carbocycles. The van der Waals surface area contributed by atoms with Crippen LogP contribution in [-0.2, 0) is 6.42 Å². The number of benzene rings is 1. The van der Waals surface area contributed by atoms with Crippen molar-refractivity contribution < 1.29 is 5.11 Å². The number of rotatable bonds is 7. The second kappa shape index (κ2) is 7.47. The Hall–Kier alpha value is -0.820. The Labute approximate surface area is 93.1 Å². The third-order valence-electron chi connectivity index (χ3n) is 3.04. The zero-order valence-electron chi connectivity index (χ0n) is 9.65. The van der Waals surface area contributed by atoms with E-state index in [1.807, 2.05) is 0 Å². The predicted molar refractivity (Wildman–Crippen MR) is 64.9 cm³/mol. The smallest absolute Gasteiger partial charge is 0.0433 e. The van der Waals surface area contributed by atoms with Crippen molar-refractivity contribution in [3.63, 3.8) is 0 Å².